The average Bonchev–Trinajstić information content (AvgIpc) is 3.41. The van der Waals surface area contributed by atoms with Crippen LogP contribution in [-0.2, 0) is 16.3 Å². The summed E-state index contributed by atoms with van der Waals surface area (Å²) in [4.78, 5) is 6.99. The minimum absolute atomic E-state index is 0.00191. The number of aryl methyl sites for hydroxylation is 1. The Labute approximate surface area is 238 Å². The van der Waals surface area contributed by atoms with Crippen LogP contribution in [0.5, 0.6) is 11.5 Å². The van der Waals surface area contributed by atoms with Crippen LogP contribution in [0.25, 0.3) is 16.6 Å². The van der Waals surface area contributed by atoms with Gasteiger partial charge in [-0.15, -0.1) is 6.58 Å². The van der Waals surface area contributed by atoms with E-state index in [1.54, 1.807) is 0 Å². The summed E-state index contributed by atoms with van der Waals surface area (Å²) in [6, 6.07) is 14.3. The Balaban J connectivity index is 0.00000226. The van der Waals surface area contributed by atoms with E-state index in [1.807, 2.05) is 25.1 Å². The van der Waals surface area contributed by atoms with Crippen LogP contribution in [0.4, 0.5) is 8.78 Å². The highest BCUT2D eigenvalue weighted by Crippen LogP contribution is 2.38. The zero-order valence-electron chi connectivity index (χ0n) is 23.1. The lowest BCUT2D eigenvalue weighted by molar-refractivity contribution is 0.399. The van der Waals surface area contributed by atoms with Crippen LogP contribution in [0.2, 0.25) is 0 Å². The molecule has 3 aromatic carbocycles. The van der Waals surface area contributed by atoms with Gasteiger partial charge in [0.1, 0.15) is 16.5 Å². The number of hydrogen-bond acceptors (Lipinski definition) is 6. The van der Waals surface area contributed by atoms with Gasteiger partial charge >= 0.3 is 0 Å². The van der Waals surface area contributed by atoms with Gasteiger partial charge in [0, 0.05) is 54.0 Å². The maximum absolute atomic E-state index is 14.9. The lowest BCUT2D eigenvalue weighted by Gasteiger charge is -2.14. The minimum Gasteiger partial charge on any atom is -0.453 e. The molecule has 216 valence electrons. The second kappa shape index (κ2) is 13.9. The van der Waals surface area contributed by atoms with Gasteiger partial charge in [-0.1, -0.05) is 30.3 Å². The van der Waals surface area contributed by atoms with Gasteiger partial charge in [0.05, 0.1) is 6.04 Å². The number of sulfone groups is 1. The van der Waals surface area contributed by atoms with Crippen LogP contribution < -0.4 is 10.5 Å². The summed E-state index contributed by atoms with van der Waals surface area (Å²) in [7, 11) is -2.87. The molecule has 1 aromatic heterocycles. The van der Waals surface area contributed by atoms with Crippen LogP contribution in [0.1, 0.15) is 36.1 Å². The second-order valence-corrected chi connectivity index (χ2v) is 11.1. The van der Waals surface area contributed by atoms with Gasteiger partial charge in [-0.25, -0.2) is 17.2 Å². The average molecular weight is 582 g/mol. The molecule has 10 heteroatoms. The number of aliphatic hydroxyl groups is 1. The molecular formula is C31H33F2N3O4S. The number of rotatable bonds is 10. The number of nitrogens with zero attached hydrogens (tertiary/aromatic N) is 1. The third-order valence-corrected chi connectivity index (χ3v) is 7.34. The molecule has 0 aliphatic rings. The highest BCUT2D eigenvalue weighted by atomic mass is 32.2. The molecule has 0 fully saturated rings. The van der Waals surface area contributed by atoms with Crippen molar-refractivity contribution in [2.24, 2.45) is 10.7 Å². The van der Waals surface area contributed by atoms with Gasteiger partial charge in [0.15, 0.2) is 21.4 Å². The van der Waals surface area contributed by atoms with Crippen molar-refractivity contribution >= 4 is 32.7 Å². The van der Waals surface area contributed by atoms with Crippen molar-refractivity contribution in [1.82, 2.24) is 4.98 Å². The van der Waals surface area contributed by atoms with Crippen molar-refractivity contribution in [3.63, 3.8) is 0 Å². The number of benzene rings is 3. The van der Waals surface area contributed by atoms with E-state index < -0.39 is 27.2 Å². The number of nitrogens with two attached hydrogens (primary N) is 1. The number of fused-ring (bicyclic) bond motifs is 1. The Morgan fingerprint density at radius 2 is 1.90 bits per heavy atom. The van der Waals surface area contributed by atoms with E-state index in [1.165, 1.54) is 42.3 Å². The van der Waals surface area contributed by atoms with Crippen molar-refractivity contribution in [3.8, 4) is 11.5 Å². The minimum atomic E-state index is -3.87. The first-order chi connectivity index (χ1) is 19.6. The molecule has 0 radical (unpaired) electrons. The van der Waals surface area contributed by atoms with E-state index in [0.29, 0.717) is 5.52 Å². The van der Waals surface area contributed by atoms with Gasteiger partial charge < -0.3 is 20.6 Å². The van der Waals surface area contributed by atoms with Crippen molar-refractivity contribution in [3.05, 3.63) is 108 Å². The summed E-state index contributed by atoms with van der Waals surface area (Å²) >= 11 is 0. The summed E-state index contributed by atoms with van der Waals surface area (Å²) in [5.74, 6) is -1.97. The summed E-state index contributed by atoms with van der Waals surface area (Å²) in [5.41, 5.74) is 8.74. The first-order valence-electron chi connectivity index (χ1n) is 12.7. The molecular weight excluding hydrogens is 548 g/mol. The molecule has 4 rings (SSSR count). The zero-order chi connectivity index (χ0) is 30.2. The number of nitrogens with one attached hydrogen (secondary N) is 1. The Morgan fingerprint density at radius 1 is 1.15 bits per heavy atom. The first-order valence-corrected chi connectivity index (χ1v) is 14.6. The fraction of sp³-hybridized carbons (Fsp3) is 0.194. The summed E-state index contributed by atoms with van der Waals surface area (Å²) in [5, 5.41) is 7.28. The number of hydrogen-bond donors (Lipinski definition) is 3. The first kappa shape index (κ1) is 31.3. The van der Waals surface area contributed by atoms with Crippen LogP contribution in [0.15, 0.2) is 89.4 Å². The number of aliphatic imine (C=N–C) groups is 1. The summed E-state index contributed by atoms with van der Waals surface area (Å²) < 4.78 is 60.3. The van der Waals surface area contributed by atoms with E-state index in [9.17, 15) is 17.2 Å². The monoisotopic (exact) mass is 581 g/mol. The molecule has 1 atom stereocenters. The van der Waals surface area contributed by atoms with Crippen molar-refractivity contribution in [2.45, 2.75) is 30.7 Å². The molecule has 1 unspecified atom stereocenters. The van der Waals surface area contributed by atoms with Crippen LogP contribution in [0, 0.1) is 11.6 Å². The third-order valence-electron chi connectivity index (χ3n) is 6.19. The Hall–Kier alpha value is -4.28. The maximum atomic E-state index is 14.9. The standard InChI is InChI=1S/C30H29F2N3O3S.CH4O/c1-4-5-7-20-8-6-9-21(16-20)19(2)34-15-13-27(33)24-17-22(10-11-25(24)31)38-29-26(32)18-28-23(12-14-35-28)30(29)39(3,36)37;1-2/h4,6,8-19,35H,1,5,7,33H2,2-3H3;2H,1H3/b27-13-,34-15?;. The van der Waals surface area contributed by atoms with Gasteiger partial charge in [-0.05, 0) is 61.2 Å². The van der Waals surface area contributed by atoms with Gasteiger partial charge in [-0.3, -0.25) is 4.99 Å². The number of H-pyrrole nitrogens is 1. The molecule has 0 saturated heterocycles. The van der Waals surface area contributed by atoms with E-state index >= 15 is 0 Å². The number of aliphatic hydroxyl groups excluding tert-OH is 1. The van der Waals surface area contributed by atoms with Gasteiger partial charge in [0.2, 0.25) is 0 Å². The highest BCUT2D eigenvalue weighted by molar-refractivity contribution is 7.91. The predicted octanol–water partition coefficient (Wildman–Crippen LogP) is 6.50. The topological polar surface area (TPSA) is 118 Å². The molecule has 1 heterocycles. The lowest BCUT2D eigenvalue weighted by atomic mass is 10.0. The largest absolute Gasteiger partial charge is 0.453 e. The van der Waals surface area contributed by atoms with E-state index in [0.717, 1.165) is 43.9 Å². The van der Waals surface area contributed by atoms with Crippen LogP contribution >= 0.6 is 0 Å². The Morgan fingerprint density at radius 3 is 2.61 bits per heavy atom. The second-order valence-electron chi connectivity index (χ2n) is 9.14. The van der Waals surface area contributed by atoms with Crippen LogP contribution in [0.3, 0.4) is 0 Å². The number of aromatic amines is 1. The van der Waals surface area contributed by atoms with Crippen molar-refractivity contribution in [1.29, 1.82) is 0 Å². The molecule has 0 amide bonds. The molecule has 4 N–H and O–H groups in total. The van der Waals surface area contributed by atoms with Gasteiger partial charge in [-0.2, -0.15) is 0 Å². The molecule has 7 nitrogen and oxygen atoms in total. The molecule has 0 bridgehead atoms. The van der Waals surface area contributed by atoms with Crippen molar-refractivity contribution in [2.75, 3.05) is 13.4 Å². The molecule has 0 aliphatic carbocycles. The molecule has 0 aliphatic heterocycles. The summed E-state index contributed by atoms with van der Waals surface area (Å²) in [6.45, 7) is 5.70. The number of ether oxygens (including phenoxy) is 1. The fourth-order valence-corrected chi connectivity index (χ4v) is 5.25. The Bertz CT molecular complexity index is 1700. The quantitative estimate of drug-likeness (QED) is 0.146. The number of halogens is 2. The van der Waals surface area contributed by atoms with E-state index in [2.05, 4.69) is 28.7 Å². The number of aromatic nitrogens is 1. The summed E-state index contributed by atoms with van der Waals surface area (Å²) in [6.07, 6.45) is 9.11. The zero-order valence-corrected chi connectivity index (χ0v) is 23.9. The normalized spacial score (nSPS) is 12.7. The van der Waals surface area contributed by atoms with Crippen molar-refractivity contribution < 1.29 is 27.0 Å². The maximum Gasteiger partial charge on any atom is 0.182 e. The van der Waals surface area contributed by atoms with Gasteiger partial charge in [0.25, 0.3) is 0 Å². The van der Waals surface area contributed by atoms with E-state index in [4.69, 9.17) is 15.6 Å². The molecule has 41 heavy (non-hydrogen) atoms. The third kappa shape index (κ3) is 7.68. The highest BCUT2D eigenvalue weighted by Gasteiger charge is 2.24. The molecule has 0 saturated carbocycles. The smallest absolute Gasteiger partial charge is 0.182 e. The predicted molar refractivity (Wildman–Crippen MR) is 160 cm³/mol. The Kier molecular flexibility index (Phi) is 10.6. The SMILES string of the molecule is C=CCCc1cccc(C(C)N=C/C=C(\N)c2cc(Oc3c(F)cc4[nH]ccc4c3S(C)(=O)=O)ccc2F)c1.CO. The number of allylic oxidation sites excluding steroid dienone is 2. The fourth-order valence-electron chi connectivity index (χ4n) is 4.20. The lowest BCUT2D eigenvalue weighted by Crippen LogP contribution is -2.04. The van der Waals surface area contributed by atoms with E-state index in [-0.39, 0.29) is 33.3 Å². The molecule has 4 aromatic rings. The molecule has 0 spiro atoms. The van der Waals surface area contributed by atoms with Crippen LogP contribution in [-0.4, -0.2) is 38.1 Å².